The van der Waals surface area contributed by atoms with Gasteiger partial charge in [-0.25, -0.2) is 4.79 Å². The topological polar surface area (TPSA) is 78.9 Å². The van der Waals surface area contributed by atoms with E-state index in [1.807, 2.05) is 31.2 Å². The molecule has 23 heavy (non-hydrogen) atoms. The number of benzene rings is 1. The van der Waals surface area contributed by atoms with Gasteiger partial charge in [0.15, 0.2) is 0 Å². The van der Waals surface area contributed by atoms with Crippen molar-refractivity contribution < 1.29 is 19.4 Å². The highest BCUT2D eigenvalue weighted by Gasteiger charge is 2.48. The molecule has 1 fully saturated rings. The van der Waals surface area contributed by atoms with Crippen molar-refractivity contribution in [2.75, 3.05) is 18.4 Å². The number of amides is 1. The normalized spacial score (nSPS) is 16.4. The number of nitrogens with zero attached hydrogens (tertiary/aromatic N) is 1. The largest absolute Gasteiger partial charge is 0.481 e. The summed E-state index contributed by atoms with van der Waals surface area (Å²) in [5.74, 6) is -0.894. The number of carbonyl (C=O) groups is 2. The molecule has 1 aliphatic heterocycles. The van der Waals surface area contributed by atoms with Crippen LogP contribution in [-0.4, -0.2) is 46.3 Å². The van der Waals surface area contributed by atoms with Crippen molar-refractivity contribution in [2.24, 2.45) is 0 Å². The number of carboxylic acid groups (broad SMARTS) is 1. The van der Waals surface area contributed by atoms with Crippen LogP contribution in [0.15, 0.2) is 24.3 Å². The van der Waals surface area contributed by atoms with Crippen LogP contribution < -0.4 is 5.32 Å². The number of carbonyl (C=O) groups excluding carboxylic acids is 1. The average Bonchev–Trinajstić information content (AvgIpc) is 2.32. The second-order valence-corrected chi connectivity index (χ2v) is 7.18. The number of aryl methyl sites for hydroxylation is 1. The van der Waals surface area contributed by atoms with Crippen molar-refractivity contribution in [3.8, 4) is 0 Å². The first-order valence-electron chi connectivity index (χ1n) is 7.63. The predicted octanol–water partition coefficient (Wildman–Crippen LogP) is 2.87. The lowest BCUT2D eigenvalue weighted by Crippen LogP contribution is -2.68. The lowest BCUT2D eigenvalue weighted by Gasteiger charge is -2.50. The molecule has 1 aromatic carbocycles. The summed E-state index contributed by atoms with van der Waals surface area (Å²) in [6, 6.07) is 7.74. The maximum atomic E-state index is 12.0. The van der Waals surface area contributed by atoms with Crippen molar-refractivity contribution >= 4 is 17.7 Å². The van der Waals surface area contributed by atoms with Crippen molar-refractivity contribution in [2.45, 2.75) is 45.3 Å². The molecule has 6 nitrogen and oxygen atoms in total. The molecule has 0 aliphatic carbocycles. The van der Waals surface area contributed by atoms with Gasteiger partial charge in [-0.2, -0.15) is 0 Å². The number of hydrogen-bond donors (Lipinski definition) is 2. The van der Waals surface area contributed by atoms with E-state index in [4.69, 9.17) is 4.74 Å². The molecule has 1 saturated heterocycles. The third-order valence-corrected chi connectivity index (χ3v) is 3.56. The molecule has 0 unspecified atom stereocenters. The Morgan fingerprint density at radius 2 is 2.00 bits per heavy atom. The Kier molecular flexibility index (Phi) is 4.54. The van der Waals surface area contributed by atoms with Crippen LogP contribution in [0.1, 0.15) is 32.8 Å². The Morgan fingerprint density at radius 3 is 2.52 bits per heavy atom. The summed E-state index contributed by atoms with van der Waals surface area (Å²) < 4.78 is 5.32. The van der Waals surface area contributed by atoms with E-state index in [1.54, 1.807) is 20.8 Å². The van der Waals surface area contributed by atoms with E-state index < -0.39 is 23.2 Å². The molecule has 2 N–H and O–H groups in total. The minimum Gasteiger partial charge on any atom is -0.481 e. The first-order chi connectivity index (χ1) is 10.6. The minimum atomic E-state index is -0.894. The smallest absolute Gasteiger partial charge is 0.410 e. The van der Waals surface area contributed by atoms with Crippen LogP contribution in [0.4, 0.5) is 10.5 Å². The van der Waals surface area contributed by atoms with Crippen LogP contribution in [0.3, 0.4) is 0 Å². The fraction of sp³-hybridized carbons (Fsp3) is 0.529. The maximum absolute atomic E-state index is 12.0. The van der Waals surface area contributed by atoms with E-state index in [0.29, 0.717) is 13.1 Å². The molecule has 0 radical (unpaired) electrons. The number of anilines is 1. The van der Waals surface area contributed by atoms with Crippen LogP contribution >= 0.6 is 0 Å². The van der Waals surface area contributed by atoms with Crippen molar-refractivity contribution in [3.05, 3.63) is 29.8 Å². The molecule has 126 valence electrons. The highest BCUT2D eigenvalue weighted by atomic mass is 16.6. The molecule has 1 aliphatic rings. The summed E-state index contributed by atoms with van der Waals surface area (Å²) >= 11 is 0. The van der Waals surface area contributed by atoms with Gasteiger partial charge in [0.1, 0.15) is 5.60 Å². The summed E-state index contributed by atoms with van der Waals surface area (Å²) in [4.78, 5) is 24.8. The van der Waals surface area contributed by atoms with E-state index in [-0.39, 0.29) is 6.42 Å². The van der Waals surface area contributed by atoms with Gasteiger partial charge in [0.2, 0.25) is 0 Å². The number of rotatable bonds is 4. The summed E-state index contributed by atoms with van der Waals surface area (Å²) in [5.41, 5.74) is 0.724. The van der Waals surface area contributed by atoms with Crippen molar-refractivity contribution in [1.29, 1.82) is 0 Å². The zero-order valence-electron chi connectivity index (χ0n) is 14.0. The first-order valence-corrected chi connectivity index (χ1v) is 7.63. The highest BCUT2D eigenvalue weighted by Crippen LogP contribution is 2.31. The van der Waals surface area contributed by atoms with E-state index in [2.05, 4.69) is 5.32 Å². The predicted molar refractivity (Wildman–Crippen MR) is 87.6 cm³/mol. The number of likely N-dealkylation sites (tertiary alicyclic amines) is 1. The summed E-state index contributed by atoms with van der Waals surface area (Å²) in [7, 11) is 0. The van der Waals surface area contributed by atoms with E-state index >= 15 is 0 Å². The number of hydrogen-bond acceptors (Lipinski definition) is 4. The first kappa shape index (κ1) is 17.1. The molecule has 6 heteroatoms. The van der Waals surface area contributed by atoms with Crippen LogP contribution in [-0.2, 0) is 9.53 Å². The lowest BCUT2D eigenvalue weighted by molar-refractivity contribution is -0.139. The SMILES string of the molecule is Cc1cccc(NC2(CC(=O)O)CN(C(=O)OC(C)(C)C)C2)c1. The Labute approximate surface area is 136 Å². The van der Waals surface area contributed by atoms with Crippen LogP contribution in [0.5, 0.6) is 0 Å². The highest BCUT2D eigenvalue weighted by molar-refractivity contribution is 5.74. The standard InChI is InChI=1S/C17H24N2O4/c1-12-6-5-7-13(8-12)18-17(9-14(20)21)10-19(11-17)15(22)23-16(2,3)4/h5-8,18H,9-11H2,1-4H3,(H,20,21). The molecular weight excluding hydrogens is 296 g/mol. The third kappa shape index (κ3) is 4.61. The zero-order valence-corrected chi connectivity index (χ0v) is 14.0. The monoisotopic (exact) mass is 320 g/mol. The van der Waals surface area contributed by atoms with E-state index in [0.717, 1.165) is 11.3 Å². The number of carboxylic acids is 1. The fourth-order valence-corrected chi connectivity index (χ4v) is 2.69. The second kappa shape index (κ2) is 6.10. The van der Waals surface area contributed by atoms with Crippen molar-refractivity contribution in [3.63, 3.8) is 0 Å². The third-order valence-electron chi connectivity index (χ3n) is 3.56. The Hall–Kier alpha value is -2.24. The molecule has 1 heterocycles. The lowest BCUT2D eigenvalue weighted by atomic mass is 9.86. The molecule has 2 rings (SSSR count). The van der Waals surface area contributed by atoms with Gasteiger partial charge in [-0.1, -0.05) is 12.1 Å². The van der Waals surface area contributed by atoms with Crippen LogP contribution in [0.25, 0.3) is 0 Å². The van der Waals surface area contributed by atoms with E-state index in [9.17, 15) is 14.7 Å². The molecule has 0 spiro atoms. The van der Waals surface area contributed by atoms with Gasteiger partial charge in [0.25, 0.3) is 0 Å². The molecular formula is C17H24N2O4. The van der Waals surface area contributed by atoms with E-state index in [1.165, 1.54) is 4.90 Å². The zero-order chi connectivity index (χ0) is 17.3. The molecule has 1 aromatic rings. The molecule has 0 saturated carbocycles. The molecule has 0 atom stereocenters. The van der Waals surface area contributed by atoms with Gasteiger partial charge >= 0.3 is 12.1 Å². The minimum absolute atomic E-state index is 0.0553. The molecule has 0 aromatic heterocycles. The van der Waals surface area contributed by atoms with Crippen LogP contribution in [0.2, 0.25) is 0 Å². The fourth-order valence-electron chi connectivity index (χ4n) is 2.69. The second-order valence-electron chi connectivity index (χ2n) is 7.18. The van der Waals surface area contributed by atoms with Gasteiger partial charge in [-0.05, 0) is 45.4 Å². The van der Waals surface area contributed by atoms with Gasteiger partial charge in [0, 0.05) is 18.8 Å². The van der Waals surface area contributed by atoms with Gasteiger partial charge < -0.3 is 20.1 Å². The number of nitrogens with one attached hydrogen (secondary N) is 1. The number of aliphatic carboxylic acids is 1. The summed E-state index contributed by atoms with van der Waals surface area (Å²) in [6.45, 7) is 8.01. The quantitative estimate of drug-likeness (QED) is 0.892. The van der Waals surface area contributed by atoms with Gasteiger partial charge in [-0.3, -0.25) is 4.79 Å². The van der Waals surface area contributed by atoms with Crippen LogP contribution in [0, 0.1) is 6.92 Å². The molecule has 1 amide bonds. The van der Waals surface area contributed by atoms with Gasteiger partial charge in [0.05, 0.1) is 12.0 Å². The Morgan fingerprint density at radius 1 is 1.35 bits per heavy atom. The average molecular weight is 320 g/mol. The summed E-state index contributed by atoms with van der Waals surface area (Å²) in [5, 5.41) is 12.5. The number of ether oxygens (including phenoxy) is 1. The Bertz CT molecular complexity index is 601. The molecule has 0 bridgehead atoms. The van der Waals surface area contributed by atoms with Gasteiger partial charge in [-0.15, -0.1) is 0 Å². The van der Waals surface area contributed by atoms with Crippen molar-refractivity contribution in [1.82, 2.24) is 4.90 Å². The maximum Gasteiger partial charge on any atom is 0.410 e. The summed E-state index contributed by atoms with van der Waals surface area (Å²) in [6.07, 6.45) is -0.468. The Balaban J connectivity index is 2.06.